The summed E-state index contributed by atoms with van der Waals surface area (Å²) in [5.41, 5.74) is 0.115. The number of carbonyl (C=O) groups excluding carboxylic acids is 1. The first-order valence-electron chi connectivity index (χ1n) is 8.38. The van der Waals surface area contributed by atoms with Gasteiger partial charge in [-0.3, -0.25) is 9.48 Å². The van der Waals surface area contributed by atoms with Crippen molar-refractivity contribution in [1.29, 1.82) is 0 Å². The minimum Gasteiger partial charge on any atom is -0.338 e. The number of hydrogen-bond donors (Lipinski definition) is 0. The van der Waals surface area contributed by atoms with Crippen molar-refractivity contribution < 1.29 is 22.0 Å². The van der Waals surface area contributed by atoms with E-state index in [1.807, 2.05) is 0 Å². The largest absolute Gasteiger partial charge is 0.338 e. The molecule has 3 heterocycles. The number of hydrogen-bond acceptors (Lipinski definition) is 5. The molecule has 0 aliphatic carbocycles. The van der Waals surface area contributed by atoms with Crippen LogP contribution in [0.3, 0.4) is 0 Å². The molecular weight excluding hydrogens is 398 g/mol. The molecule has 1 saturated heterocycles. The van der Waals surface area contributed by atoms with Crippen molar-refractivity contribution in [3.63, 3.8) is 0 Å². The summed E-state index contributed by atoms with van der Waals surface area (Å²) >= 11 is 1.16. The van der Waals surface area contributed by atoms with Crippen molar-refractivity contribution in [3.8, 4) is 0 Å². The van der Waals surface area contributed by atoms with Gasteiger partial charge in [-0.25, -0.2) is 17.2 Å². The number of sulfonamides is 1. The summed E-state index contributed by atoms with van der Waals surface area (Å²) in [6.07, 6.45) is -2.70. The highest BCUT2D eigenvalue weighted by molar-refractivity contribution is 7.91. The van der Waals surface area contributed by atoms with E-state index in [9.17, 15) is 22.0 Å². The van der Waals surface area contributed by atoms with E-state index in [4.69, 9.17) is 0 Å². The molecule has 0 N–H and O–H groups in total. The number of carbonyl (C=O) groups is 1. The van der Waals surface area contributed by atoms with Gasteiger partial charge in [0, 0.05) is 31.9 Å². The van der Waals surface area contributed by atoms with Gasteiger partial charge < -0.3 is 4.90 Å². The van der Waals surface area contributed by atoms with Gasteiger partial charge in [0.05, 0.1) is 0 Å². The summed E-state index contributed by atoms with van der Waals surface area (Å²) in [6.45, 7) is 4.10. The Bertz CT molecular complexity index is 904. The standard InChI is InChI=1S/C16H20F2N4O3S2/c1-11-10-13(15(17)18)19-22(11)12(2)16(23)20-5-7-21(8-6-20)27(24,25)14-4-3-9-26-14/h3-4,9-10,12,15H,5-8H2,1-2H3. The van der Waals surface area contributed by atoms with E-state index in [0.717, 1.165) is 11.3 Å². The highest BCUT2D eigenvalue weighted by Gasteiger charge is 2.33. The molecule has 1 amide bonds. The summed E-state index contributed by atoms with van der Waals surface area (Å²) in [4.78, 5) is 14.3. The number of rotatable bonds is 5. The van der Waals surface area contributed by atoms with E-state index in [2.05, 4.69) is 5.10 Å². The number of halogens is 2. The predicted octanol–water partition coefficient (Wildman–Crippen LogP) is 2.28. The lowest BCUT2D eigenvalue weighted by Gasteiger charge is -2.35. The summed E-state index contributed by atoms with van der Waals surface area (Å²) in [7, 11) is -3.54. The van der Waals surface area contributed by atoms with Gasteiger partial charge in [-0.05, 0) is 31.4 Å². The van der Waals surface area contributed by atoms with E-state index < -0.39 is 22.5 Å². The van der Waals surface area contributed by atoms with Crippen LogP contribution in [0.25, 0.3) is 0 Å². The quantitative estimate of drug-likeness (QED) is 0.747. The molecule has 1 unspecified atom stereocenters. The highest BCUT2D eigenvalue weighted by atomic mass is 32.2. The van der Waals surface area contributed by atoms with Crippen molar-refractivity contribution in [1.82, 2.24) is 19.0 Å². The molecule has 1 aliphatic rings. The lowest BCUT2D eigenvalue weighted by molar-refractivity contribution is -0.135. The molecule has 148 valence electrons. The summed E-state index contributed by atoms with van der Waals surface area (Å²) in [5.74, 6) is -0.268. The van der Waals surface area contributed by atoms with Crippen molar-refractivity contribution in [2.75, 3.05) is 26.2 Å². The number of aryl methyl sites for hydroxylation is 1. The van der Waals surface area contributed by atoms with Crippen LogP contribution in [0.1, 0.15) is 30.8 Å². The lowest BCUT2D eigenvalue weighted by atomic mass is 10.2. The van der Waals surface area contributed by atoms with Crippen LogP contribution in [0.2, 0.25) is 0 Å². The van der Waals surface area contributed by atoms with Crippen molar-refractivity contribution in [2.45, 2.75) is 30.5 Å². The lowest BCUT2D eigenvalue weighted by Crippen LogP contribution is -2.51. The summed E-state index contributed by atoms with van der Waals surface area (Å²) < 4.78 is 53.6. The molecular formula is C16H20F2N4O3S2. The third-order valence-electron chi connectivity index (χ3n) is 4.53. The Morgan fingerprint density at radius 2 is 1.93 bits per heavy atom. The van der Waals surface area contributed by atoms with Gasteiger partial charge in [0.1, 0.15) is 15.9 Å². The smallest absolute Gasteiger partial charge is 0.282 e. The van der Waals surface area contributed by atoms with Crippen LogP contribution < -0.4 is 0 Å². The van der Waals surface area contributed by atoms with Gasteiger partial charge in [0.2, 0.25) is 5.91 Å². The van der Waals surface area contributed by atoms with Gasteiger partial charge in [-0.15, -0.1) is 11.3 Å². The Morgan fingerprint density at radius 1 is 1.26 bits per heavy atom. The topological polar surface area (TPSA) is 75.5 Å². The van der Waals surface area contributed by atoms with Crippen LogP contribution in [0, 0.1) is 6.92 Å². The molecule has 2 aromatic rings. The number of nitrogens with zero attached hydrogens (tertiary/aromatic N) is 4. The fourth-order valence-corrected chi connectivity index (χ4v) is 5.63. The molecule has 1 fully saturated rings. The summed E-state index contributed by atoms with van der Waals surface area (Å²) in [5, 5.41) is 5.53. The zero-order valence-corrected chi connectivity index (χ0v) is 16.5. The minimum atomic E-state index is -3.54. The highest BCUT2D eigenvalue weighted by Crippen LogP contribution is 2.24. The Labute approximate surface area is 160 Å². The molecule has 0 radical (unpaired) electrons. The van der Waals surface area contributed by atoms with Crippen LogP contribution in [-0.4, -0.2) is 59.5 Å². The zero-order chi connectivity index (χ0) is 19.8. The molecule has 2 aromatic heterocycles. The third kappa shape index (κ3) is 3.90. The van der Waals surface area contributed by atoms with Gasteiger partial charge >= 0.3 is 0 Å². The van der Waals surface area contributed by atoms with E-state index in [-0.39, 0.29) is 42.0 Å². The molecule has 1 atom stereocenters. The molecule has 0 aromatic carbocycles. The van der Waals surface area contributed by atoms with E-state index >= 15 is 0 Å². The van der Waals surface area contributed by atoms with Crippen LogP contribution in [0.15, 0.2) is 27.8 Å². The minimum absolute atomic E-state index is 0.194. The molecule has 0 saturated carbocycles. The first-order chi connectivity index (χ1) is 12.7. The molecule has 7 nitrogen and oxygen atoms in total. The molecule has 1 aliphatic heterocycles. The fourth-order valence-electron chi connectivity index (χ4n) is 3.07. The Morgan fingerprint density at radius 3 is 2.44 bits per heavy atom. The van der Waals surface area contributed by atoms with Crippen molar-refractivity contribution in [3.05, 3.63) is 35.0 Å². The average Bonchev–Trinajstić information content (AvgIpc) is 3.31. The van der Waals surface area contributed by atoms with Gasteiger partial charge in [-0.2, -0.15) is 9.40 Å². The fraction of sp³-hybridized carbons (Fsp3) is 0.500. The Balaban J connectivity index is 1.66. The number of alkyl halides is 2. The summed E-state index contributed by atoms with van der Waals surface area (Å²) in [6, 6.07) is 3.76. The zero-order valence-electron chi connectivity index (χ0n) is 14.9. The van der Waals surface area contributed by atoms with E-state index in [1.165, 1.54) is 15.1 Å². The first-order valence-corrected chi connectivity index (χ1v) is 10.7. The maximum absolute atomic E-state index is 12.8. The van der Waals surface area contributed by atoms with E-state index in [0.29, 0.717) is 5.69 Å². The van der Waals surface area contributed by atoms with Crippen LogP contribution in [0.5, 0.6) is 0 Å². The molecule has 0 spiro atoms. The number of amides is 1. The third-order valence-corrected chi connectivity index (χ3v) is 7.80. The van der Waals surface area contributed by atoms with Crippen molar-refractivity contribution >= 4 is 27.3 Å². The van der Waals surface area contributed by atoms with Crippen LogP contribution in [-0.2, 0) is 14.8 Å². The molecule has 3 rings (SSSR count). The maximum Gasteiger partial charge on any atom is 0.282 e. The normalized spacial score (nSPS) is 17.4. The molecule has 0 bridgehead atoms. The average molecular weight is 418 g/mol. The number of aromatic nitrogens is 2. The second-order valence-electron chi connectivity index (χ2n) is 6.29. The van der Waals surface area contributed by atoms with Crippen LogP contribution in [0.4, 0.5) is 8.78 Å². The molecule has 11 heteroatoms. The maximum atomic E-state index is 12.8. The van der Waals surface area contributed by atoms with Gasteiger partial charge in [0.15, 0.2) is 0 Å². The number of thiophene rings is 1. The van der Waals surface area contributed by atoms with E-state index in [1.54, 1.807) is 36.3 Å². The monoisotopic (exact) mass is 418 g/mol. The van der Waals surface area contributed by atoms with Crippen molar-refractivity contribution in [2.24, 2.45) is 0 Å². The second kappa shape index (κ2) is 7.64. The van der Waals surface area contributed by atoms with Gasteiger partial charge in [0.25, 0.3) is 16.4 Å². The molecule has 27 heavy (non-hydrogen) atoms. The Kier molecular flexibility index (Phi) is 5.63. The van der Waals surface area contributed by atoms with Crippen LogP contribution >= 0.6 is 11.3 Å². The predicted molar refractivity (Wildman–Crippen MR) is 96.3 cm³/mol. The SMILES string of the molecule is Cc1cc(C(F)F)nn1C(C)C(=O)N1CCN(S(=O)(=O)c2cccs2)CC1. The Hall–Kier alpha value is -1.85. The first kappa shape index (κ1) is 19.9. The van der Waals surface area contributed by atoms with Gasteiger partial charge in [-0.1, -0.05) is 6.07 Å². The number of piperazine rings is 1. The second-order valence-corrected chi connectivity index (χ2v) is 9.41.